The number of thiazole rings is 1. The van der Waals surface area contributed by atoms with Crippen molar-refractivity contribution >= 4 is 28.8 Å². The molecule has 6 nitrogen and oxygen atoms in total. The second kappa shape index (κ2) is 9.09. The molecule has 0 unspecified atom stereocenters. The van der Waals surface area contributed by atoms with Gasteiger partial charge in [-0.2, -0.15) is 18.2 Å². The third-order valence-corrected chi connectivity index (χ3v) is 5.55. The van der Waals surface area contributed by atoms with Crippen LogP contribution in [0.25, 0.3) is 22.0 Å². The fraction of sp³-hybridized carbons (Fsp3) is 0.143. The Morgan fingerprint density at radius 2 is 1.88 bits per heavy atom. The number of hydrogen-bond donors (Lipinski definition) is 1. The van der Waals surface area contributed by atoms with Crippen LogP contribution in [0.5, 0.6) is 0 Å². The minimum atomic E-state index is -4.73. The summed E-state index contributed by atoms with van der Waals surface area (Å²) >= 11 is 7.40. The molecule has 32 heavy (non-hydrogen) atoms. The number of aromatic nitrogens is 3. The van der Waals surface area contributed by atoms with E-state index in [2.05, 4.69) is 25.0 Å². The molecule has 2 aromatic heterocycles. The van der Waals surface area contributed by atoms with E-state index in [1.54, 1.807) is 18.2 Å². The highest BCUT2D eigenvalue weighted by molar-refractivity contribution is 7.13. The van der Waals surface area contributed by atoms with E-state index in [9.17, 15) is 18.0 Å². The van der Waals surface area contributed by atoms with Crippen LogP contribution < -0.4 is 5.32 Å². The first-order valence-corrected chi connectivity index (χ1v) is 10.6. The Kier molecular flexibility index (Phi) is 6.24. The smallest absolute Gasteiger partial charge is 0.352 e. The Hall–Kier alpha value is -3.24. The van der Waals surface area contributed by atoms with Crippen LogP contribution in [-0.4, -0.2) is 27.6 Å². The zero-order valence-corrected chi connectivity index (χ0v) is 17.8. The summed E-state index contributed by atoms with van der Waals surface area (Å²) in [6, 6.07) is 13.4. The van der Waals surface area contributed by atoms with Crippen LogP contribution in [0.2, 0.25) is 5.02 Å². The first-order valence-electron chi connectivity index (χ1n) is 9.29. The molecule has 4 rings (SSSR count). The van der Waals surface area contributed by atoms with Gasteiger partial charge in [0, 0.05) is 40.1 Å². The standard InChI is InChI=1S/C21H14ClF3N4O2S/c22-15-6-4-12(5-7-15)19-27-16(11-32-19)8-9-26-18(30)14-3-1-2-13(10-14)17-28-20(31-29-17)21(23,24)25/h1-7,10-11H,8-9H2,(H,26,30). The van der Waals surface area contributed by atoms with Crippen molar-refractivity contribution in [1.29, 1.82) is 0 Å². The zero-order valence-electron chi connectivity index (χ0n) is 16.2. The SMILES string of the molecule is O=C(NCCc1csc(-c2ccc(Cl)cc2)n1)c1cccc(-c2noc(C(F)(F)F)n2)c1. The molecule has 0 aliphatic rings. The number of alkyl halides is 3. The molecule has 0 saturated heterocycles. The van der Waals surface area contributed by atoms with Crippen molar-refractivity contribution in [2.45, 2.75) is 12.6 Å². The van der Waals surface area contributed by atoms with Crippen molar-refractivity contribution in [3.63, 3.8) is 0 Å². The molecule has 0 radical (unpaired) electrons. The average Bonchev–Trinajstić information content (AvgIpc) is 3.44. The fourth-order valence-electron chi connectivity index (χ4n) is 2.81. The number of nitrogens with zero attached hydrogens (tertiary/aromatic N) is 3. The van der Waals surface area contributed by atoms with Gasteiger partial charge in [0.25, 0.3) is 5.91 Å². The van der Waals surface area contributed by atoms with E-state index in [1.165, 1.54) is 29.5 Å². The van der Waals surface area contributed by atoms with Crippen molar-refractivity contribution in [2.24, 2.45) is 0 Å². The molecule has 2 heterocycles. The molecule has 0 fully saturated rings. The Balaban J connectivity index is 1.36. The summed E-state index contributed by atoms with van der Waals surface area (Å²) in [5, 5.41) is 9.54. The lowest BCUT2D eigenvalue weighted by Gasteiger charge is -2.05. The molecule has 164 valence electrons. The highest BCUT2D eigenvalue weighted by atomic mass is 35.5. The Bertz CT molecular complexity index is 1240. The van der Waals surface area contributed by atoms with E-state index < -0.39 is 12.1 Å². The highest BCUT2D eigenvalue weighted by Gasteiger charge is 2.38. The molecule has 0 atom stereocenters. The summed E-state index contributed by atoms with van der Waals surface area (Å²) in [5.41, 5.74) is 2.30. The predicted octanol–water partition coefficient (Wildman–Crippen LogP) is 5.50. The average molecular weight is 479 g/mol. The third kappa shape index (κ3) is 5.14. The number of carbonyl (C=O) groups is 1. The van der Waals surface area contributed by atoms with Crippen molar-refractivity contribution in [1.82, 2.24) is 20.4 Å². The minimum absolute atomic E-state index is 0.240. The summed E-state index contributed by atoms with van der Waals surface area (Å²) < 4.78 is 42.2. The largest absolute Gasteiger partial charge is 0.471 e. The highest BCUT2D eigenvalue weighted by Crippen LogP contribution is 2.29. The van der Waals surface area contributed by atoms with E-state index in [0.29, 0.717) is 18.0 Å². The summed E-state index contributed by atoms with van der Waals surface area (Å²) in [4.78, 5) is 20.4. The van der Waals surface area contributed by atoms with Crippen LogP contribution in [0.3, 0.4) is 0 Å². The lowest BCUT2D eigenvalue weighted by molar-refractivity contribution is -0.159. The molecule has 0 saturated carbocycles. The molecule has 1 amide bonds. The van der Waals surface area contributed by atoms with Gasteiger partial charge in [0.2, 0.25) is 5.82 Å². The van der Waals surface area contributed by atoms with Gasteiger partial charge in [-0.05, 0) is 24.3 Å². The van der Waals surface area contributed by atoms with Gasteiger partial charge in [0.1, 0.15) is 5.01 Å². The first kappa shape index (κ1) is 22.0. The van der Waals surface area contributed by atoms with Crippen LogP contribution in [0.1, 0.15) is 21.9 Å². The van der Waals surface area contributed by atoms with Gasteiger partial charge in [0.15, 0.2) is 0 Å². The molecule has 0 spiro atoms. The molecular formula is C21H14ClF3N4O2S. The van der Waals surface area contributed by atoms with Crippen LogP contribution in [-0.2, 0) is 12.6 Å². The quantitative estimate of drug-likeness (QED) is 0.395. The van der Waals surface area contributed by atoms with E-state index in [4.69, 9.17) is 11.6 Å². The number of hydrogen-bond acceptors (Lipinski definition) is 6. The normalized spacial score (nSPS) is 11.5. The van der Waals surface area contributed by atoms with E-state index >= 15 is 0 Å². The molecule has 2 aromatic carbocycles. The summed E-state index contributed by atoms with van der Waals surface area (Å²) in [5.74, 6) is -2.06. The molecule has 1 N–H and O–H groups in total. The Labute approximate surface area is 189 Å². The van der Waals surface area contributed by atoms with Crippen LogP contribution in [0.4, 0.5) is 13.2 Å². The monoisotopic (exact) mass is 478 g/mol. The van der Waals surface area contributed by atoms with Crippen LogP contribution >= 0.6 is 22.9 Å². The first-order chi connectivity index (χ1) is 15.3. The Morgan fingerprint density at radius 1 is 1.09 bits per heavy atom. The molecule has 0 bridgehead atoms. The number of rotatable bonds is 6. The number of nitrogens with one attached hydrogen (secondary N) is 1. The zero-order chi connectivity index (χ0) is 22.7. The fourth-order valence-corrected chi connectivity index (χ4v) is 3.79. The summed E-state index contributed by atoms with van der Waals surface area (Å²) in [6.07, 6.45) is -4.21. The maximum Gasteiger partial charge on any atom is 0.471 e. The lowest BCUT2D eigenvalue weighted by atomic mass is 10.1. The molecular weight excluding hydrogens is 465 g/mol. The van der Waals surface area contributed by atoms with Gasteiger partial charge >= 0.3 is 12.1 Å². The maximum atomic E-state index is 12.6. The van der Waals surface area contributed by atoms with Crippen molar-refractivity contribution < 1.29 is 22.5 Å². The van der Waals surface area contributed by atoms with Gasteiger partial charge in [-0.1, -0.05) is 41.0 Å². The maximum absolute atomic E-state index is 12.6. The van der Waals surface area contributed by atoms with Gasteiger partial charge < -0.3 is 9.84 Å². The van der Waals surface area contributed by atoms with E-state index in [-0.39, 0.29) is 22.9 Å². The molecule has 0 aliphatic carbocycles. The number of benzene rings is 2. The summed E-state index contributed by atoms with van der Waals surface area (Å²) in [6.45, 7) is 0.341. The second-order valence-corrected chi connectivity index (χ2v) is 7.95. The predicted molar refractivity (Wildman–Crippen MR) is 113 cm³/mol. The van der Waals surface area contributed by atoms with Crippen LogP contribution in [0, 0.1) is 0 Å². The van der Waals surface area contributed by atoms with Crippen LogP contribution in [0.15, 0.2) is 58.4 Å². The van der Waals surface area contributed by atoms with Crippen molar-refractivity contribution in [3.05, 3.63) is 76.1 Å². The van der Waals surface area contributed by atoms with Gasteiger partial charge in [-0.15, -0.1) is 11.3 Å². The third-order valence-electron chi connectivity index (χ3n) is 4.36. The van der Waals surface area contributed by atoms with Gasteiger partial charge in [-0.3, -0.25) is 4.79 Å². The van der Waals surface area contributed by atoms with Gasteiger partial charge in [-0.25, -0.2) is 4.98 Å². The van der Waals surface area contributed by atoms with E-state index in [1.807, 2.05) is 17.5 Å². The lowest BCUT2D eigenvalue weighted by Crippen LogP contribution is -2.25. The molecule has 11 heteroatoms. The minimum Gasteiger partial charge on any atom is -0.352 e. The molecule has 0 aliphatic heterocycles. The second-order valence-electron chi connectivity index (χ2n) is 6.66. The number of carbonyl (C=O) groups excluding carboxylic acids is 1. The topological polar surface area (TPSA) is 80.9 Å². The number of halogens is 4. The Morgan fingerprint density at radius 3 is 2.59 bits per heavy atom. The molecule has 4 aromatic rings. The van der Waals surface area contributed by atoms with Crippen molar-refractivity contribution in [2.75, 3.05) is 6.54 Å². The van der Waals surface area contributed by atoms with Gasteiger partial charge in [0.05, 0.1) is 5.69 Å². The summed E-state index contributed by atoms with van der Waals surface area (Å²) in [7, 11) is 0. The van der Waals surface area contributed by atoms with Crippen molar-refractivity contribution in [3.8, 4) is 22.0 Å². The van der Waals surface area contributed by atoms with E-state index in [0.717, 1.165) is 16.3 Å². The number of amides is 1.